The van der Waals surface area contributed by atoms with E-state index in [9.17, 15) is 9.59 Å². The van der Waals surface area contributed by atoms with E-state index in [1.54, 1.807) is 12.2 Å². The Bertz CT molecular complexity index is 736. The molecule has 6 nitrogen and oxygen atoms in total. The molecule has 0 atom stereocenters. The summed E-state index contributed by atoms with van der Waals surface area (Å²) in [5.41, 5.74) is 1.94. The number of hydrogen-bond acceptors (Lipinski definition) is 5. The number of ether oxygens (including phenoxy) is 1. The topological polar surface area (TPSA) is 61.9 Å². The van der Waals surface area contributed by atoms with Gasteiger partial charge in [0.1, 0.15) is 5.57 Å². The number of rotatable bonds is 4. The second kappa shape index (κ2) is 7.58. The van der Waals surface area contributed by atoms with Crippen LogP contribution < -0.4 is 10.2 Å². The van der Waals surface area contributed by atoms with Gasteiger partial charge in [0.15, 0.2) is 5.11 Å². The van der Waals surface area contributed by atoms with Gasteiger partial charge in [-0.3, -0.25) is 19.8 Å². The Morgan fingerprint density at radius 1 is 1.20 bits per heavy atom. The highest BCUT2D eigenvalue weighted by Crippen LogP contribution is 2.19. The third-order valence-corrected chi connectivity index (χ3v) is 4.40. The molecular weight excluding hydrogens is 338 g/mol. The molecule has 2 heterocycles. The average Bonchev–Trinajstić information content (AvgIpc) is 2.63. The number of anilines is 1. The minimum Gasteiger partial charge on any atom is -0.378 e. The fourth-order valence-corrected chi connectivity index (χ4v) is 3.01. The van der Waals surface area contributed by atoms with Gasteiger partial charge in [-0.25, -0.2) is 0 Å². The van der Waals surface area contributed by atoms with Gasteiger partial charge in [0, 0.05) is 25.3 Å². The van der Waals surface area contributed by atoms with Crippen LogP contribution in [0.15, 0.2) is 42.5 Å². The maximum Gasteiger partial charge on any atom is 0.265 e. The zero-order chi connectivity index (χ0) is 17.8. The number of morpholine rings is 1. The smallest absolute Gasteiger partial charge is 0.265 e. The lowest BCUT2D eigenvalue weighted by Crippen LogP contribution is -2.53. The van der Waals surface area contributed by atoms with Crippen molar-refractivity contribution in [3.05, 3.63) is 48.1 Å². The van der Waals surface area contributed by atoms with Crippen LogP contribution in [0.5, 0.6) is 0 Å². The molecule has 2 amide bonds. The lowest BCUT2D eigenvalue weighted by Gasteiger charge is -2.29. The number of carbonyl (C=O) groups excluding carboxylic acids is 2. The molecule has 2 fully saturated rings. The van der Waals surface area contributed by atoms with E-state index in [4.69, 9.17) is 17.0 Å². The number of thiocarbonyl (C=S) groups is 1. The first-order chi connectivity index (χ1) is 12.1. The molecule has 2 aliphatic heterocycles. The molecule has 1 aromatic rings. The minimum atomic E-state index is -0.479. The summed E-state index contributed by atoms with van der Waals surface area (Å²) in [6.07, 6.45) is 3.15. The number of carbonyl (C=O) groups is 2. The first-order valence-corrected chi connectivity index (χ1v) is 8.43. The van der Waals surface area contributed by atoms with Crippen molar-refractivity contribution in [2.75, 3.05) is 37.7 Å². The van der Waals surface area contributed by atoms with Crippen molar-refractivity contribution in [1.82, 2.24) is 10.2 Å². The van der Waals surface area contributed by atoms with Gasteiger partial charge >= 0.3 is 0 Å². The SMILES string of the molecule is C=CCN1C(=O)/C(=C/c2ccc(N3CCOCC3)cc2)C(=O)NC1=S. The lowest BCUT2D eigenvalue weighted by molar-refractivity contribution is -0.128. The van der Waals surface area contributed by atoms with Gasteiger partial charge in [0.25, 0.3) is 11.8 Å². The molecule has 3 rings (SSSR count). The molecular formula is C18H19N3O3S. The third-order valence-electron chi connectivity index (χ3n) is 4.08. The van der Waals surface area contributed by atoms with Crippen LogP contribution >= 0.6 is 12.2 Å². The summed E-state index contributed by atoms with van der Waals surface area (Å²) >= 11 is 5.04. The molecule has 1 N–H and O–H groups in total. The van der Waals surface area contributed by atoms with Crippen molar-refractivity contribution in [3.8, 4) is 0 Å². The minimum absolute atomic E-state index is 0.0644. The predicted molar refractivity (Wildman–Crippen MR) is 100 cm³/mol. The van der Waals surface area contributed by atoms with Crippen molar-refractivity contribution in [3.63, 3.8) is 0 Å². The van der Waals surface area contributed by atoms with Crippen LogP contribution in [-0.2, 0) is 14.3 Å². The van der Waals surface area contributed by atoms with Crippen LogP contribution in [-0.4, -0.2) is 54.7 Å². The average molecular weight is 357 g/mol. The summed E-state index contributed by atoms with van der Waals surface area (Å²) in [7, 11) is 0. The van der Waals surface area contributed by atoms with Crippen LogP contribution in [0.25, 0.3) is 6.08 Å². The molecule has 2 saturated heterocycles. The highest BCUT2D eigenvalue weighted by Gasteiger charge is 2.32. The van der Waals surface area contributed by atoms with Gasteiger partial charge in [-0.15, -0.1) is 6.58 Å². The Kier molecular flexibility index (Phi) is 5.25. The summed E-state index contributed by atoms with van der Waals surface area (Å²) in [5, 5.41) is 2.64. The van der Waals surface area contributed by atoms with Crippen molar-refractivity contribution >= 4 is 40.9 Å². The molecule has 1 aromatic carbocycles. The first-order valence-electron chi connectivity index (χ1n) is 8.02. The zero-order valence-electron chi connectivity index (χ0n) is 13.7. The van der Waals surface area contributed by atoms with Crippen LogP contribution in [0.4, 0.5) is 5.69 Å². The maximum absolute atomic E-state index is 12.5. The van der Waals surface area contributed by atoms with E-state index in [0.29, 0.717) is 0 Å². The van der Waals surface area contributed by atoms with E-state index in [-0.39, 0.29) is 17.2 Å². The first kappa shape index (κ1) is 17.3. The van der Waals surface area contributed by atoms with E-state index < -0.39 is 11.8 Å². The van der Waals surface area contributed by atoms with Gasteiger partial charge in [-0.2, -0.15) is 0 Å². The number of benzene rings is 1. The van der Waals surface area contributed by atoms with E-state index in [1.165, 1.54) is 4.90 Å². The molecule has 7 heteroatoms. The highest BCUT2D eigenvalue weighted by atomic mass is 32.1. The lowest BCUT2D eigenvalue weighted by atomic mass is 10.1. The molecule has 0 bridgehead atoms. The molecule has 0 aliphatic carbocycles. The van der Waals surface area contributed by atoms with Gasteiger partial charge in [0.05, 0.1) is 13.2 Å². The Hall–Kier alpha value is -2.51. The van der Waals surface area contributed by atoms with Crippen molar-refractivity contribution in [2.24, 2.45) is 0 Å². The Morgan fingerprint density at radius 2 is 1.88 bits per heavy atom. The molecule has 2 aliphatic rings. The molecule has 0 radical (unpaired) electrons. The fourth-order valence-electron chi connectivity index (χ4n) is 2.76. The normalized spacial score (nSPS) is 20.0. The molecule has 0 unspecified atom stereocenters. The summed E-state index contributed by atoms with van der Waals surface area (Å²) in [5.74, 6) is -0.890. The fraction of sp³-hybridized carbons (Fsp3) is 0.278. The quantitative estimate of drug-likeness (QED) is 0.381. The molecule has 130 valence electrons. The van der Waals surface area contributed by atoms with Crippen molar-refractivity contribution in [2.45, 2.75) is 0 Å². The molecule has 0 saturated carbocycles. The Balaban J connectivity index is 1.81. The number of hydrogen-bond donors (Lipinski definition) is 1. The monoisotopic (exact) mass is 357 g/mol. The third kappa shape index (κ3) is 3.78. The Morgan fingerprint density at radius 3 is 2.52 bits per heavy atom. The van der Waals surface area contributed by atoms with Gasteiger partial charge in [-0.1, -0.05) is 18.2 Å². The standard InChI is InChI=1S/C18H19N3O3S/c1-2-7-21-17(23)15(16(22)19-18(21)25)12-13-3-5-14(6-4-13)20-8-10-24-11-9-20/h2-6,12H,1,7-11H2,(H,19,22,25)/b15-12+. The number of amides is 2. The van der Waals surface area contributed by atoms with Crippen LogP contribution in [0.2, 0.25) is 0 Å². The van der Waals surface area contributed by atoms with E-state index in [0.717, 1.165) is 37.6 Å². The maximum atomic E-state index is 12.5. The number of nitrogens with zero attached hydrogens (tertiary/aromatic N) is 2. The highest BCUT2D eigenvalue weighted by molar-refractivity contribution is 7.80. The van der Waals surface area contributed by atoms with E-state index in [2.05, 4.69) is 16.8 Å². The molecule has 0 aromatic heterocycles. The van der Waals surface area contributed by atoms with E-state index >= 15 is 0 Å². The van der Waals surface area contributed by atoms with Crippen LogP contribution in [0.3, 0.4) is 0 Å². The molecule has 25 heavy (non-hydrogen) atoms. The summed E-state index contributed by atoms with van der Waals surface area (Å²) in [4.78, 5) is 28.2. The van der Waals surface area contributed by atoms with Crippen LogP contribution in [0.1, 0.15) is 5.56 Å². The van der Waals surface area contributed by atoms with Gasteiger partial charge in [0.2, 0.25) is 0 Å². The predicted octanol–water partition coefficient (Wildman–Crippen LogP) is 1.34. The summed E-state index contributed by atoms with van der Waals surface area (Å²) in [6, 6.07) is 7.75. The van der Waals surface area contributed by atoms with Crippen molar-refractivity contribution in [1.29, 1.82) is 0 Å². The summed E-state index contributed by atoms with van der Waals surface area (Å²) < 4.78 is 5.35. The second-order valence-corrected chi connectivity index (χ2v) is 6.10. The number of nitrogens with one attached hydrogen (secondary N) is 1. The zero-order valence-corrected chi connectivity index (χ0v) is 14.6. The largest absolute Gasteiger partial charge is 0.378 e. The molecule has 0 spiro atoms. The van der Waals surface area contributed by atoms with Crippen molar-refractivity contribution < 1.29 is 14.3 Å². The second-order valence-electron chi connectivity index (χ2n) is 5.71. The summed E-state index contributed by atoms with van der Waals surface area (Å²) in [6.45, 7) is 7.02. The van der Waals surface area contributed by atoms with Gasteiger partial charge < -0.3 is 9.64 Å². The van der Waals surface area contributed by atoms with Gasteiger partial charge in [-0.05, 0) is 36.0 Å². The van der Waals surface area contributed by atoms with E-state index in [1.807, 2.05) is 24.3 Å². The Labute approximate surface area is 151 Å². The van der Waals surface area contributed by atoms with Crippen LogP contribution in [0, 0.1) is 0 Å².